The Hall–Kier alpha value is -4.14. The summed E-state index contributed by atoms with van der Waals surface area (Å²) in [7, 11) is 1.59. The molecule has 2 aliphatic heterocycles. The maximum Gasteiger partial charge on any atom is 0.238 e. The van der Waals surface area contributed by atoms with Crippen molar-refractivity contribution >= 4 is 23.3 Å². The molecule has 1 unspecified atom stereocenters. The van der Waals surface area contributed by atoms with E-state index in [4.69, 9.17) is 9.47 Å². The van der Waals surface area contributed by atoms with Crippen molar-refractivity contribution in [2.24, 2.45) is 5.92 Å². The van der Waals surface area contributed by atoms with Crippen LogP contribution in [0.25, 0.3) is 0 Å². The lowest BCUT2D eigenvalue weighted by atomic mass is 10.1. The molecule has 0 saturated carbocycles. The molecule has 9 nitrogen and oxygen atoms in total. The topological polar surface area (TPSA) is 88.1 Å². The van der Waals surface area contributed by atoms with Gasteiger partial charge in [0.1, 0.15) is 11.5 Å². The number of methoxy groups -OCH3 is 1. The smallest absolute Gasteiger partial charge is 0.238 e. The number of carbonyl (C=O) groups excluding carboxylic acids is 2. The fraction of sp³-hybridized carbons (Fsp3) is 0.308. The summed E-state index contributed by atoms with van der Waals surface area (Å²) in [5, 5.41) is 8.48. The molecule has 2 amide bonds. The molecule has 2 aliphatic rings. The predicted octanol–water partition coefficient (Wildman–Crippen LogP) is 2.98. The molecule has 0 radical (unpaired) electrons. The van der Waals surface area contributed by atoms with Crippen molar-refractivity contribution in [2.45, 2.75) is 6.42 Å². The third-order valence-corrected chi connectivity index (χ3v) is 6.35. The Bertz CT molecular complexity index is 1180. The fourth-order valence-corrected chi connectivity index (χ4v) is 4.46. The maximum absolute atomic E-state index is 13.2. The number of anilines is 2. The Balaban J connectivity index is 1.15. The van der Waals surface area contributed by atoms with Crippen molar-refractivity contribution in [3.8, 4) is 17.4 Å². The van der Waals surface area contributed by atoms with Gasteiger partial charge in [-0.2, -0.15) is 0 Å². The fourth-order valence-electron chi connectivity index (χ4n) is 4.46. The number of nitrogens with zero attached hydrogens (tertiary/aromatic N) is 5. The number of rotatable bonds is 6. The number of hydrogen-bond acceptors (Lipinski definition) is 7. The van der Waals surface area contributed by atoms with Gasteiger partial charge in [0, 0.05) is 57.0 Å². The molecule has 0 N–H and O–H groups in total. The molecule has 1 atom stereocenters. The number of piperazine rings is 1. The molecule has 180 valence electrons. The Labute approximate surface area is 203 Å². The molecule has 0 aliphatic carbocycles. The van der Waals surface area contributed by atoms with Gasteiger partial charge in [0.15, 0.2) is 5.82 Å². The van der Waals surface area contributed by atoms with Crippen molar-refractivity contribution in [3.05, 3.63) is 66.7 Å². The predicted molar refractivity (Wildman–Crippen MR) is 131 cm³/mol. The normalized spacial score (nSPS) is 18.0. The van der Waals surface area contributed by atoms with Crippen LogP contribution in [0, 0.1) is 5.92 Å². The minimum absolute atomic E-state index is 0.0288. The van der Waals surface area contributed by atoms with E-state index in [2.05, 4.69) is 15.1 Å². The Morgan fingerprint density at radius 2 is 1.69 bits per heavy atom. The molecule has 2 aromatic carbocycles. The zero-order chi connectivity index (χ0) is 24.2. The van der Waals surface area contributed by atoms with E-state index in [-0.39, 0.29) is 24.2 Å². The third kappa shape index (κ3) is 5.03. The van der Waals surface area contributed by atoms with Gasteiger partial charge in [0.05, 0.1) is 13.0 Å². The summed E-state index contributed by atoms with van der Waals surface area (Å²) in [5.74, 6) is 2.22. The highest BCUT2D eigenvalue weighted by Crippen LogP contribution is 2.29. The number of benzene rings is 2. The molecule has 0 spiro atoms. The Morgan fingerprint density at radius 3 is 2.40 bits per heavy atom. The summed E-state index contributed by atoms with van der Waals surface area (Å²) in [5.41, 5.74) is 0.757. The number of carbonyl (C=O) groups is 2. The van der Waals surface area contributed by atoms with Crippen molar-refractivity contribution in [3.63, 3.8) is 0 Å². The molecule has 2 saturated heterocycles. The van der Waals surface area contributed by atoms with Crippen molar-refractivity contribution < 1.29 is 19.1 Å². The van der Waals surface area contributed by atoms with Crippen LogP contribution in [0.15, 0.2) is 66.7 Å². The summed E-state index contributed by atoms with van der Waals surface area (Å²) in [4.78, 5) is 31.4. The monoisotopic (exact) mass is 473 g/mol. The second-order valence-corrected chi connectivity index (χ2v) is 8.56. The summed E-state index contributed by atoms with van der Waals surface area (Å²) in [6.07, 6.45) is 0.227. The largest absolute Gasteiger partial charge is 0.497 e. The van der Waals surface area contributed by atoms with Crippen LogP contribution >= 0.6 is 0 Å². The second-order valence-electron chi connectivity index (χ2n) is 8.56. The van der Waals surface area contributed by atoms with E-state index in [0.29, 0.717) is 50.1 Å². The summed E-state index contributed by atoms with van der Waals surface area (Å²) in [6, 6.07) is 20.5. The second kappa shape index (κ2) is 10.0. The first-order valence-corrected chi connectivity index (χ1v) is 11.7. The molecule has 9 heteroatoms. The molecule has 35 heavy (non-hydrogen) atoms. The lowest BCUT2D eigenvalue weighted by molar-refractivity contribution is -0.136. The lowest BCUT2D eigenvalue weighted by Gasteiger charge is -2.36. The quantitative estimate of drug-likeness (QED) is 0.544. The highest BCUT2D eigenvalue weighted by molar-refractivity contribution is 6.00. The summed E-state index contributed by atoms with van der Waals surface area (Å²) < 4.78 is 11.0. The minimum Gasteiger partial charge on any atom is -0.497 e. The first-order chi connectivity index (χ1) is 17.1. The minimum atomic E-state index is -0.338. The van der Waals surface area contributed by atoms with Crippen LogP contribution < -0.4 is 19.3 Å². The molecule has 1 aromatic heterocycles. The van der Waals surface area contributed by atoms with Crippen molar-refractivity contribution in [1.82, 2.24) is 15.1 Å². The van der Waals surface area contributed by atoms with Crippen LogP contribution in [-0.2, 0) is 9.59 Å². The average molecular weight is 474 g/mol. The van der Waals surface area contributed by atoms with Crippen LogP contribution in [0.5, 0.6) is 17.4 Å². The maximum atomic E-state index is 13.2. The Kier molecular flexibility index (Phi) is 6.47. The van der Waals surface area contributed by atoms with Gasteiger partial charge in [-0.15, -0.1) is 10.2 Å². The van der Waals surface area contributed by atoms with Gasteiger partial charge >= 0.3 is 0 Å². The van der Waals surface area contributed by atoms with Crippen LogP contribution in [0.1, 0.15) is 6.42 Å². The lowest BCUT2D eigenvalue weighted by Crippen LogP contribution is -2.51. The van der Waals surface area contributed by atoms with Crippen LogP contribution in [-0.4, -0.2) is 66.7 Å². The zero-order valence-electron chi connectivity index (χ0n) is 19.5. The summed E-state index contributed by atoms with van der Waals surface area (Å²) >= 11 is 0. The average Bonchev–Trinajstić information content (AvgIpc) is 3.31. The number of amides is 2. The molecular weight excluding hydrogens is 446 g/mol. The van der Waals surface area contributed by atoms with Crippen molar-refractivity contribution in [1.29, 1.82) is 0 Å². The van der Waals surface area contributed by atoms with Crippen LogP contribution in [0.3, 0.4) is 0 Å². The molecule has 5 rings (SSSR count). The zero-order valence-corrected chi connectivity index (χ0v) is 19.5. The highest BCUT2D eigenvalue weighted by Gasteiger charge is 2.38. The van der Waals surface area contributed by atoms with Crippen molar-refractivity contribution in [2.75, 3.05) is 49.6 Å². The highest BCUT2D eigenvalue weighted by atomic mass is 16.5. The van der Waals surface area contributed by atoms with Gasteiger partial charge in [-0.25, -0.2) is 0 Å². The first kappa shape index (κ1) is 22.6. The van der Waals surface area contributed by atoms with Gasteiger partial charge in [-0.05, 0) is 30.3 Å². The number of para-hydroxylation sites is 1. The van der Waals surface area contributed by atoms with E-state index in [9.17, 15) is 9.59 Å². The first-order valence-electron chi connectivity index (χ1n) is 11.7. The number of ether oxygens (including phenoxy) is 2. The van der Waals surface area contributed by atoms with Gasteiger partial charge in [-0.1, -0.05) is 24.3 Å². The number of hydrogen-bond donors (Lipinski definition) is 0. The van der Waals surface area contributed by atoms with E-state index in [1.165, 1.54) is 0 Å². The van der Waals surface area contributed by atoms with Gasteiger partial charge in [0.25, 0.3) is 0 Å². The van der Waals surface area contributed by atoms with E-state index in [1.54, 1.807) is 18.1 Å². The molecule has 3 heterocycles. The van der Waals surface area contributed by atoms with Gasteiger partial charge < -0.3 is 24.2 Å². The van der Waals surface area contributed by atoms with Gasteiger partial charge in [0.2, 0.25) is 17.7 Å². The van der Waals surface area contributed by atoms with E-state index >= 15 is 0 Å². The third-order valence-electron chi connectivity index (χ3n) is 6.35. The Morgan fingerprint density at radius 1 is 0.914 bits per heavy atom. The SMILES string of the molecule is COc1cccc(N2CC(C(=O)N3CCN(c4ccc(Oc5ccccc5)nn4)CC3)CC2=O)c1. The van der Waals surface area contributed by atoms with E-state index in [1.807, 2.05) is 65.6 Å². The van der Waals surface area contributed by atoms with E-state index in [0.717, 1.165) is 11.5 Å². The van der Waals surface area contributed by atoms with E-state index < -0.39 is 0 Å². The van der Waals surface area contributed by atoms with Crippen LogP contribution in [0.2, 0.25) is 0 Å². The molecule has 2 fully saturated rings. The molecule has 3 aromatic rings. The van der Waals surface area contributed by atoms with Gasteiger partial charge in [-0.3, -0.25) is 9.59 Å². The number of aromatic nitrogens is 2. The van der Waals surface area contributed by atoms with Crippen LogP contribution in [0.4, 0.5) is 11.5 Å². The summed E-state index contributed by atoms with van der Waals surface area (Å²) in [6.45, 7) is 2.85. The molecular formula is C26H27N5O4. The standard InChI is InChI=1S/C26H27N5O4/c1-34-22-9-5-6-20(17-22)31-18-19(16-25(31)32)26(33)30-14-12-29(13-15-30)23-10-11-24(28-27-23)35-21-7-3-2-4-8-21/h2-11,17,19H,12-16,18H2,1H3. The molecule has 0 bridgehead atoms.